The number of nitrogens with zero attached hydrogens (tertiary/aromatic N) is 2. The second-order valence-electron chi connectivity index (χ2n) is 8.91. The van der Waals surface area contributed by atoms with Crippen molar-refractivity contribution in [2.45, 2.75) is 45.1 Å². The van der Waals surface area contributed by atoms with E-state index in [0.29, 0.717) is 43.6 Å². The van der Waals surface area contributed by atoms with Gasteiger partial charge in [-0.25, -0.2) is 4.98 Å². The topological polar surface area (TPSA) is 74.7 Å². The molecule has 0 spiro atoms. The zero-order valence-electron chi connectivity index (χ0n) is 18.1. The molecule has 1 aliphatic carbocycles. The summed E-state index contributed by atoms with van der Waals surface area (Å²) in [5.41, 5.74) is 1.82. The van der Waals surface area contributed by atoms with Gasteiger partial charge in [0.25, 0.3) is 0 Å². The van der Waals surface area contributed by atoms with Gasteiger partial charge < -0.3 is 24.3 Å². The third-order valence-corrected chi connectivity index (χ3v) is 6.44. The predicted molar refractivity (Wildman–Crippen MR) is 118 cm³/mol. The van der Waals surface area contributed by atoms with Crippen molar-refractivity contribution in [3.05, 3.63) is 24.4 Å². The average Bonchev–Trinajstić information content (AvgIpc) is 3.33. The number of hydrogen-bond acceptors (Lipinski definition) is 7. The summed E-state index contributed by atoms with van der Waals surface area (Å²) in [5, 5.41) is 3.53. The highest BCUT2D eigenvalue weighted by Gasteiger charge is 2.22. The van der Waals surface area contributed by atoms with Crippen molar-refractivity contribution in [1.29, 1.82) is 0 Å². The molecule has 166 valence electrons. The first-order chi connectivity index (χ1) is 15.2. The maximum atomic E-state index is 6.22. The average molecular weight is 426 g/mol. The Morgan fingerprint density at radius 1 is 1.03 bits per heavy atom. The van der Waals surface area contributed by atoms with E-state index >= 15 is 0 Å². The lowest BCUT2D eigenvalue weighted by Gasteiger charge is -2.27. The minimum absolute atomic E-state index is 0.402. The normalized spacial score (nSPS) is 25.3. The van der Waals surface area contributed by atoms with Crippen LogP contribution in [0.4, 0.5) is 5.95 Å². The van der Waals surface area contributed by atoms with E-state index in [4.69, 9.17) is 23.9 Å². The van der Waals surface area contributed by atoms with Crippen LogP contribution in [0.2, 0.25) is 0 Å². The molecular weight excluding hydrogens is 394 g/mol. The number of nitrogens with one attached hydrogen (secondary N) is 1. The van der Waals surface area contributed by atoms with Crippen LogP contribution >= 0.6 is 0 Å². The Labute approximate surface area is 183 Å². The van der Waals surface area contributed by atoms with Crippen molar-refractivity contribution in [2.75, 3.05) is 38.4 Å². The van der Waals surface area contributed by atoms with Crippen LogP contribution in [0.15, 0.2) is 24.4 Å². The SMILES string of the molecule is CC1CCC(Nc2ncc(-c3ccc4c(c3)OCCO4)c(OC[C@H]3CCOC3)n2)CC1. The molecule has 1 atom stereocenters. The molecule has 0 bridgehead atoms. The van der Waals surface area contributed by atoms with Crippen LogP contribution < -0.4 is 19.5 Å². The molecule has 2 aliphatic heterocycles. The van der Waals surface area contributed by atoms with E-state index in [2.05, 4.69) is 17.2 Å². The molecule has 7 heteroatoms. The summed E-state index contributed by atoms with van der Waals surface area (Å²) in [5.74, 6) is 3.97. The molecule has 2 aromatic rings. The van der Waals surface area contributed by atoms with Gasteiger partial charge in [0.05, 0.1) is 18.8 Å². The van der Waals surface area contributed by atoms with Gasteiger partial charge in [0, 0.05) is 24.8 Å². The Morgan fingerprint density at radius 3 is 2.68 bits per heavy atom. The van der Waals surface area contributed by atoms with Gasteiger partial charge in [-0.1, -0.05) is 13.0 Å². The second kappa shape index (κ2) is 9.30. The molecule has 31 heavy (non-hydrogen) atoms. The zero-order valence-corrected chi connectivity index (χ0v) is 18.1. The highest BCUT2D eigenvalue weighted by Crippen LogP contribution is 2.37. The van der Waals surface area contributed by atoms with E-state index in [1.165, 1.54) is 12.8 Å². The Kier molecular flexibility index (Phi) is 6.11. The molecule has 2 fully saturated rings. The monoisotopic (exact) mass is 425 g/mol. The number of benzene rings is 1. The summed E-state index contributed by atoms with van der Waals surface area (Å²) in [7, 11) is 0. The Balaban J connectivity index is 1.39. The molecule has 3 heterocycles. The first-order valence-corrected chi connectivity index (χ1v) is 11.5. The highest BCUT2D eigenvalue weighted by atomic mass is 16.6. The molecule has 5 rings (SSSR count). The summed E-state index contributed by atoms with van der Waals surface area (Å²) >= 11 is 0. The molecule has 1 aromatic carbocycles. The molecule has 7 nitrogen and oxygen atoms in total. The summed E-state index contributed by atoms with van der Waals surface area (Å²) in [4.78, 5) is 9.40. The van der Waals surface area contributed by atoms with Gasteiger partial charge in [-0.2, -0.15) is 4.98 Å². The first kappa shape index (κ1) is 20.4. The van der Waals surface area contributed by atoms with Gasteiger partial charge in [0.1, 0.15) is 13.2 Å². The van der Waals surface area contributed by atoms with Gasteiger partial charge in [-0.05, 0) is 55.7 Å². The number of fused-ring (bicyclic) bond motifs is 1. The van der Waals surface area contributed by atoms with Crippen LogP contribution in [0.1, 0.15) is 39.0 Å². The summed E-state index contributed by atoms with van der Waals surface area (Å²) in [6, 6.07) is 6.35. The predicted octanol–water partition coefficient (Wildman–Crippen LogP) is 4.32. The summed E-state index contributed by atoms with van der Waals surface area (Å²) in [6.07, 6.45) is 7.69. The molecule has 1 saturated carbocycles. The van der Waals surface area contributed by atoms with E-state index in [9.17, 15) is 0 Å². The van der Waals surface area contributed by atoms with Gasteiger partial charge in [-0.15, -0.1) is 0 Å². The lowest BCUT2D eigenvalue weighted by Crippen LogP contribution is -2.26. The third-order valence-electron chi connectivity index (χ3n) is 6.44. The fourth-order valence-corrected chi connectivity index (χ4v) is 4.45. The van der Waals surface area contributed by atoms with Gasteiger partial charge in [0.2, 0.25) is 11.8 Å². The molecule has 3 aliphatic rings. The lowest BCUT2D eigenvalue weighted by molar-refractivity contribution is 0.165. The lowest BCUT2D eigenvalue weighted by atomic mass is 9.87. The quantitative estimate of drug-likeness (QED) is 0.739. The van der Waals surface area contributed by atoms with Gasteiger partial charge in [-0.3, -0.25) is 0 Å². The van der Waals surface area contributed by atoms with Crippen LogP contribution in [0.3, 0.4) is 0 Å². The zero-order chi connectivity index (χ0) is 21.0. The maximum absolute atomic E-state index is 6.22. The van der Waals surface area contributed by atoms with Crippen molar-refractivity contribution in [1.82, 2.24) is 9.97 Å². The number of rotatable bonds is 6. The first-order valence-electron chi connectivity index (χ1n) is 11.5. The summed E-state index contributed by atoms with van der Waals surface area (Å²) in [6.45, 7) is 5.60. The van der Waals surface area contributed by atoms with Crippen LogP contribution in [0.25, 0.3) is 11.1 Å². The summed E-state index contributed by atoms with van der Waals surface area (Å²) < 4.78 is 23.1. The van der Waals surface area contributed by atoms with Crippen LogP contribution in [0.5, 0.6) is 17.4 Å². The Morgan fingerprint density at radius 2 is 1.87 bits per heavy atom. The molecule has 0 amide bonds. The Hall–Kier alpha value is -2.54. The van der Waals surface area contributed by atoms with E-state index in [1.54, 1.807) is 0 Å². The maximum Gasteiger partial charge on any atom is 0.226 e. The number of anilines is 1. The molecule has 0 radical (unpaired) electrons. The van der Waals surface area contributed by atoms with Crippen molar-refractivity contribution < 1.29 is 18.9 Å². The smallest absolute Gasteiger partial charge is 0.226 e. The number of hydrogen-bond donors (Lipinski definition) is 1. The fraction of sp³-hybridized carbons (Fsp3) is 0.583. The molecule has 1 saturated heterocycles. The van der Waals surface area contributed by atoms with Crippen molar-refractivity contribution in [3.8, 4) is 28.5 Å². The van der Waals surface area contributed by atoms with E-state index in [-0.39, 0.29) is 0 Å². The third kappa shape index (κ3) is 4.87. The van der Waals surface area contributed by atoms with E-state index in [1.807, 2.05) is 24.4 Å². The van der Waals surface area contributed by atoms with Crippen LogP contribution in [-0.4, -0.2) is 49.0 Å². The Bertz CT molecular complexity index is 892. The molecular formula is C24H31N3O4. The van der Waals surface area contributed by atoms with Crippen LogP contribution in [-0.2, 0) is 4.74 Å². The largest absolute Gasteiger partial charge is 0.486 e. The van der Waals surface area contributed by atoms with Crippen molar-refractivity contribution in [2.24, 2.45) is 11.8 Å². The molecule has 0 unspecified atom stereocenters. The van der Waals surface area contributed by atoms with E-state index in [0.717, 1.165) is 61.0 Å². The molecule has 1 N–H and O–H groups in total. The van der Waals surface area contributed by atoms with Crippen molar-refractivity contribution in [3.63, 3.8) is 0 Å². The second-order valence-corrected chi connectivity index (χ2v) is 8.91. The van der Waals surface area contributed by atoms with E-state index < -0.39 is 0 Å². The van der Waals surface area contributed by atoms with Crippen molar-refractivity contribution >= 4 is 5.95 Å². The van der Waals surface area contributed by atoms with Crippen LogP contribution in [0, 0.1) is 11.8 Å². The minimum Gasteiger partial charge on any atom is -0.486 e. The van der Waals surface area contributed by atoms with Gasteiger partial charge in [0.15, 0.2) is 11.5 Å². The fourth-order valence-electron chi connectivity index (χ4n) is 4.45. The van der Waals surface area contributed by atoms with Gasteiger partial charge >= 0.3 is 0 Å². The highest BCUT2D eigenvalue weighted by molar-refractivity contribution is 5.71. The molecule has 1 aromatic heterocycles. The number of aromatic nitrogens is 2. The number of ether oxygens (including phenoxy) is 4. The standard InChI is InChI=1S/C24H31N3O4/c1-16-2-5-19(6-3-16)26-24-25-13-20(23(27-24)31-15-17-8-9-28-14-17)18-4-7-21-22(12-18)30-11-10-29-21/h4,7,12-13,16-17,19H,2-3,5-6,8-11,14-15H2,1H3,(H,25,26,27)/t16?,17-,19?/m0/s1. The minimum atomic E-state index is 0.402.